The van der Waals surface area contributed by atoms with Crippen molar-refractivity contribution < 1.29 is 4.39 Å². The number of aromatic nitrogens is 3. The number of alkyl halides is 1. The third-order valence-corrected chi connectivity index (χ3v) is 6.84. The van der Waals surface area contributed by atoms with Crippen molar-refractivity contribution in [2.75, 3.05) is 13.1 Å². The highest BCUT2D eigenvalue weighted by Crippen LogP contribution is 2.31. The lowest BCUT2D eigenvalue weighted by Gasteiger charge is -2.09. The SMILES string of the molecule is NC(N)=NCCCNCc1ccc(-n2cc3cc(-c4cc(CC[C@@H](N)I)cc(Cl)c4F)[nH]c3nc2=O)cc1. The van der Waals surface area contributed by atoms with Gasteiger partial charge >= 0.3 is 5.69 Å². The number of aromatic amines is 1. The highest BCUT2D eigenvalue weighted by atomic mass is 127. The van der Waals surface area contributed by atoms with E-state index in [1.165, 1.54) is 4.57 Å². The molecule has 0 aliphatic heterocycles. The molecular formula is C26H29ClFIN8O. The van der Waals surface area contributed by atoms with E-state index in [0.717, 1.165) is 30.5 Å². The third-order valence-electron chi connectivity index (χ3n) is 5.94. The summed E-state index contributed by atoms with van der Waals surface area (Å²) in [6, 6.07) is 12.8. The second-order valence-corrected chi connectivity index (χ2v) is 10.9. The van der Waals surface area contributed by atoms with Crippen LogP contribution in [0.4, 0.5) is 4.39 Å². The molecule has 0 saturated carbocycles. The highest BCUT2D eigenvalue weighted by molar-refractivity contribution is 14.1. The van der Waals surface area contributed by atoms with Crippen molar-refractivity contribution in [1.29, 1.82) is 0 Å². The van der Waals surface area contributed by atoms with Gasteiger partial charge in [0.15, 0.2) is 11.8 Å². The van der Waals surface area contributed by atoms with Crippen LogP contribution in [-0.4, -0.2) is 37.6 Å². The second-order valence-electron chi connectivity index (χ2n) is 8.88. The number of nitrogens with one attached hydrogen (secondary N) is 2. The molecule has 0 spiro atoms. The molecule has 2 aromatic heterocycles. The van der Waals surface area contributed by atoms with Gasteiger partial charge in [-0.05, 0) is 67.3 Å². The second kappa shape index (κ2) is 12.7. The molecule has 0 unspecified atom stereocenters. The maximum absolute atomic E-state index is 15.0. The Morgan fingerprint density at radius 1 is 1.21 bits per heavy atom. The first kappa shape index (κ1) is 28.0. The fourth-order valence-corrected chi connectivity index (χ4v) is 4.59. The van der Waals surface area contributed by atoms with E-state index >= 15 is 0 Å². The molecular weight excluding hydrogens is 622 g/mol. The molecule has 1 atom stereocenters. The smallest absolute Gasteiger partial charge is 0.354 e. The minimum Gasteiger partial charge on any atom is -0.370 e. The molecule has 0 bridgehead atoms. The van der Waals surface area contributed by atoms with E-state index in [-0.39, 0.29) is 15.0 Å². The Balaban J connectivity index is 1.52. The monoisotopic (exact) mass is 650 g/mol. The standard InChI is InChI=1S/C26H29ClFIN8O/c27-20-11-16(4-7-22(29)30)10-19(23(20)28)21-12-17-14-37(26(38)36-24(17)35-21)18-5-2-15(3-6-18)13-33-8-1-9-34-25(31)32/h2-3,5-6,10-12,14,22,33H,1,4,7-9,13,30H2,(H4,31,32,34)(H,35,36,38)/t22-/m1/s1. The van der Waals surface area contributed by atoms with Gasteiger partial charge in [-0.25, -0.2) is 9.18 Å². The molecule has 0 radical (unpaired) electrons. The van der Waals surface area contributed by atoms with Gasteiger partial charge in [-0.15, -0.1) is 0 Å². The van der Waals surface area contributed by atoms with Gasteiger partial charge < -0.3 is 27.5 Å². The summed E-state index contributed by atoms with van der Waals surface area (Å²) in [4.78, 5) is 24.0. The summed E-state index contributed by atoms with van der Waals surface area (Å²) in [5.41, 5.74) is 19.9. The van der Waals surface area contributed by atoms with Gasteiger partial charge in [-0.2, -0.15) is 4.98 Å². The van der Waals surface area contributed by atoms with E-state index < -0.39 is 11.5 Å². The van der Waals surface area contributed by atoms with E-state index in [2.05, 4.69) is 42.9 Å². The molecule has 2 heterocycles. The molecule has 2 aromatic carbocycles. The van der Waals surface area contributed by atoms with Crippen LogP contribution >= 0.6 is 34.2 Å². The number of H-pyrrole nitrogens is 1. The number of aryl methyl sites for hydroxylation is 1. The van der Waals surface area contributed by atoms with E-state index in [1.807, 2.05) is 24.3 Å². The van der Waals surface area contributed by atoms with Gasteiger partial charge in [-0.1, -0.05) is 46.3 Å². The van der Waals surface area contributed by atoms with Crippen LogP contribution in [0.1, 0.15) is 24.0 Å². The molecule has 12 heteroatoms. The normalized spacial score (nSPS) is 12.1. The summed E-state index contributed by atoms with van der Waals surface area (Å²) >= 11 is 8.33. The zero-order valence-corrected chi connectivity index (χ0v) is 23.5. The van der Waals surface area contributed by atoms with Crippen LogP contribution in [-0.2, 0) is 13.0 Å². The summed E-state index contributed by atoms with van der Waals surface area (Å²) in [7, 11) is 0. The van der Waals surface area contributed by atoms with Crippen molar-refractivity contribution in [2.45, 2.75) is 29.9 Å². The van der Waals surface area contributed by atoms with Crippen LogP contribution < -0.4 is 28.2 Å². The number of nitrogens with zero attached hydrogens (tertiary/aromatic N) is 3. The van der Waals surface area contributed by atoms with Crippen LogP contribution in [0.3, 0.4) is 0 Å². The lowest BCUT2D eigenvalue weighted by molar-refractivity contribution is 0.630. The van der Waals surface area contributed by atoms with E-state index in [9.17, 15) is 9.18 Å². The Bertz CT molecular complexity index is 1500. The number of fused-ring (bicyclic) bond motifs is 1. The average Bonchev–Trinajstić information content (AvgIpc) is 3.29. The third kappa shape index (κ3) is 7.10. The molecule has 200 valence electrons. The minimum atomic E-state index is -0.531. The first-order valence-corrected chi connectivity index (χ1v) is 13.7. The van der Waals surface area contributed by atoms with Crippen LogP contribution in [0.15, 0.2) is 58.4 Å². The lowest BCUT2D eigenvalue weighted by atomic mass is 10.0. The number of aliphatic imine (C=N–C) groups is 1. The van der Waals surface area contributed by atoms with Crippen LogP contribution in [0, 0.1) is 5.82 Å². The Labute approximate surface area is 237 Å². The molecule has 4 rings (SSSR count). The summed E-state index contributed by atoms with van der Waals surface area (Å²) in [5, 5.41) is 4.04. The maximum atomic E-state index is 15.0. The zero-order valence-electron chi connectivity index (χ0n) is 20.6. The summed E-state index contributed by atoms with van der Waals surface area (Å²) < 4.78 is 16.4. The molecule has 0 fully saturated rings. The first-order valence-electron chi connectivity index (χ1n) is 12.1. The van der Waals surface area contributed by atoms with Gasteiger partial charge in [0.2, 0.25) is 0 Å². The summed E-state index contributed by atoms with van der Waals surface area (Å²) in [5.74, 6) is -0.436. The van der Waals surface area contributed by atoms with Gasteiger partial charge in [0.25, 0.3) is 0 Å². The number of guanidine groups is 1. The maximum Gasteiger partial charge on any atom is 0.354 e. The molecule has 0 amide bonds. The molecule has 9 nitrogen and oxygen atoms in total. The zero-order chi connectivity index (χ0) is 27.2. The number of hydrogen-bond donors (Lipinski definition) is 5. The minimum absolute atomic E-state index is 0.00428. The van der Waals surface area contributed by atoms with Crippen LogP contribution in [0.25, 0.3) is 28.0 Å². The number of benzene rings is 2. The van der Waals surface area contributed by atoms with Crippen molar-refractivity contribution >= 4 is 51.2 Å². The molecule has 4 aromatic rings. The largest absolute Gasteiger partial charge is 0.370 e. The van der Waals surface area contributed by atoms with Gasteiger partial charge in [0.1, 0.15) is 5.65 Å². The van der Waals surface area contributed by atoms with Crippen molar-refractivity contribution in [3.05, 3.63) is 81.1 Å². The fourth-order valence-electron chi connectivity index (χ4n) is 4.03. The predicted octanol–water partition coefficient (Wildman–Crippen LogP) is 3.58. The number of nitrogens with two attached hydrogens (primary N) is 3. The Kier molecular flexibility index (Phi) is 9.36. The quantitative estimate of drug-likeness (QED) is 0.0418. The Hall–Kier alpha value is -3.00. The topological polar surface area (TPSA) is 153 Å². The number of hydrogen-bond acceptors (Lipinski definition) is 5. The Morgan fingerprint density at radius 2 is 1.97 bits per heavy atom. The van der Waals surface area contributed by atoms with Gasteiger partial charge in [-0.3, -0.25) is 9.56 Å². The average molecular weight is 651 g/mol. The molecule has 0 aliphatic carbocycles. The Morgan fingerprint density at radius 3 is 2.68 bits per heavy atom. The molecule has 0 saturated heterocycles. The number of halogens is 3. The van der Waals surface area contributed by atoms with Crippen molar-refractivity contribution in [2.24, 2.45) is 22.2 Å². The highest BCUT2D eigenvalue weighted by Gasteiger charge is 2.16. The van der Waals surface area contributed by atoms with Crippen LogP contribution in [0.2, 0.25) is 5.02 Å². The molecule has 0 aliphatic rings. The lowest BCUT2D eigenvalue weighted by Crippen LogP contribution is -2.23. The van der Waals surface area contributed by atoms with Gasteiger partial charge in [0, 0.05) is 30.2 Å². The predicted molar refractivity (Wildman–Crippen MR) is 159 cm³/mol. The van der Waals surface area contributed by atoms with Gasteiger partial charge in [0.05, 0.1) is 20.5 Å². The van der Waals surface area contributed by atoms with Crippen LogP contribution in [0.5, 0.6) is 0 Å². The fraction of sp³-hybridized carbons (Fsp3) is 0.269. The molecule has 38 heavy (non-hydrogen) atoms. The van der Waals surface area contributed by atoms with Crippen molar-refractivity contribution in [1.82, 2.24) is 19.9 Å². The van der Waals surface area contributed by atoms with Crippen molar-refractivity contribution in [3.8, 4) is 16.9 Å². The first-order chi connectivity index (χ1) is 18.2. The summed E-state index contributed by atoms with van der Waals surface area (Å²) in [6.07, 6.45) is 3.93. The van der Waals surface area contributed by atoms with E-state index in [4.69, 9.17) is 28.8 Å². The van der Waals surface area contributed by atoms with E-state index in [1.54, 1.807) is 24.4 Å². The summed E-state index contributed by atoms with van der Waals surface area (Å²) in [6.45, 7) is 2.02. The van der Waals surface area contributed by atoms with E-state index in [0.29, 0.717) is 47.5 Å². The molecule has 8 N–H and O–H groups in total. The van der Waals surface area contributed by atoms with Crippen molar-refractivity contribution in [3.63, 3.8) is 0 Å². The number of rotatable bonds is 11.